The van der Waals surface area contributed by atoms with E-state index in [1.165, 1.54) is 5.69 Å². The van der Waals surface area contributed by atoms with Gasteiger partial charge in [-0.05, 0) is 55.2 Å². The number of imidazole rings is 1. The molecule has 0 spiro atoms. The third-order valence-electron chi connectivity index (χ3n) is 8.63. The molecule has 1 atom stereocenters. The van der Waals surface area contributed by atoms with Crippen molar-refractivity contribution in [3.05, 3.63) is 120 Å². The summed E-state index contributed by atoms with van der Waals surface area (Å²) in [5.74, 6) is 3.43. The van der Waals surface area contributed by atoms with E-state index in [0.29, 0.717) is 6.54 Å². The predicted molar refractivity (Wildman–Crippen MR) is 188 cm³/mol. The van der Waals surface area contributed by atoms with Gasteiger partial charge in [-0.15, -0.1) is 0 Å². The fourth-order valence-corrected chi connectivity index (χ4v) is 6.31. The summed E-state index contributed by atoms with van der Waals surface area (Å²) in [7, 11) is 0. The van der Waals surface area contributed by atoms with Crippen LogP contribution < -0.4 is 20.1 Å². The Morgan fingerprint density at radius 1 is 0.809 bits per heavy atom. The molecule has 0 amide bonds. The average molecular weight is 625 g/mol. The van der Waals surface area contributed by atoms with Gasteiger partial charge in [0.1, 0.15) is 18.0 Å². The molecule has 0 saturated carbocycles. The zero-order valence-corrected chi connectivity index (χ0v) is 26.9. The number of nitrogens with one attached hydrogen (secondary N) is 2. The van der Waals surface area contributed by atoms with Crippen molar-refractivity contribution in [2.24, 2.45) is 0 Å². The molecule has 8 heteroatoms. The van der Waals surface area contributed by atoms with Crippen LogP contribution in [0.15, 0.2) is 103 Å². The molecule has 0 saturated heterocycles. The molecule has 1 aliphatic heterocycles. The molecule has 2 N–H and O–H groups in total. The number of anilines is 1. The minimum atomic E-state index is -0.0641. The minimum absolute atomic E-state index is 0.0641. The number of hydrogen-bond acceptors (Lipinski definition) is 7. The highest BCUT2D eigenvalue weighted by Gasteiger charge is 2.27. The largest absolute Gasteiger partial charge is 0.454 e. The number of unbranched alkanes of at least 4 members (excludes halogenated alkanes) is 1. The van der Waals surface area contributed by atoms with Crippen LogP contribution in [0, 0.1) is 0 Å². The van der Waals surface area contributed by atoms with E-state index in [0.717, 1.165) is 94.3 Å². The van der Waals surface area contributed by atoms with Crippen LogP contribution in [0.1, 0.15) is 49.6 Å². The summed E-state index contributed by atoms with van der Waals surface area (Å²) in [6.45, 7) is 6.89. The van der Waals surface area contributed by atoms with Gasteiger partial charge >= 0.3 is 0 Å². The molecule has 8 nitrogen and oxygen atoms in total. The van der Waals surface area contributed by atoms with Gasteiger partial charge in [-0.25, -0.2) is 15.0 Å². The molecule has 0 fully saturated rings. The zero-order chi connectivity index (χ0) is 32.0. The molecule has 238 valence electrons. The standard InChI is InChI=1S/C39H40N6O2/c1-3-5-20-45-37(36(29-12-8-6-9-13-29)44-39(45)30-14-10-7-11-15-30)33(21-27-17-19-34-35(23-27)47-26-46-34)41-24-28-16-18-31-32(22-28)42-25-43-38(31)40-4-2/h6-19,22-23,25,33,41H,3-5,20-21,24,26H2,1-2H3,(H,40,42,43). The summed E-state index contributed by atoms with van der Waals surface area (Å²) in [5.41, 5.74) is 7.63. The molecule has 3 heterocycles. The van der Waals surface area contributed by atoms with Crippen molar-refractivity contribution in [2.75, 3.05) is 18.7 Å². The topological polar surface area (TPSA) is 86.1 Å². The van der Waals surface area contributed by atoms with E-state index in [1.807, 2.05) is 6.07 Å². The van der Waals surface area contributed by atoms with Crippen molar-refractivity contribution < 1.29 is 9.47 Å². The normalized spacial score (nSPS) is 12.8. The first-order valence-electron chi connectivity index (χ1n) is 16.5. The molecule has 6 aromatic rings. The Morgan fingerprint density at radius 2 is 1.57 bits per heavy atom. The third-order valence-corrected chi connectivity index (χ3v) is 8.63. The molecule has 1 aliphatic rings. The Bertz CT molecular complexity index is 1960. The van der Waals surface area contributed by atoms with Gasteiger partial charge < -0.3 is 24.7 Å². The van der Waals surface area contributed by atoms with Crippen LogP contribution in [0.25, 0.3) is 33.5 Å². The number of hydrogen-bond donors (Lipinski definition) is 2. The monoisotopic (exact) mass is 624 g/mol. The lowest BCUT2D eigenvalue weighted by Crippen LogP contribution is -2.26. The fraction of sp³-hybridized carbons (Fsp3) is 0.256. The highest BCUT2D eigenvalue weighted by Crippen LogP contribution is 2.38. The van der Waals surface area contributed by atoms with Gasteiger partial charge in [0.05, 0.1) is 22.9 Å². The number of rotatable bonds is 13. The molecular weight excluding hydrogens is 584 g/mol. The van der Waals surface area contributed by atoms with Gasteiger partial charge in [-0.2, -0.15) is 0 Å². The van der Waals surface area contributed by atoms with Crippen molar-refractivity contribution in [1.82, 2.24) is 24.8 Å². The van der Waals surface area contributed by atoms with Crippen LogP contribution in [0.3, 0.4) is 0 Å². The van der Waals surface area contributed by atoms with E-state index in [9.17, 15) is 0 Å². The van der Waals surface area contributed by atoms with E-state index in [1.54, 1.807) is 6.33 Å². The predicted octanol–water partition coefficient (Wildman–Crippen LogP) is 8.19. The lowest BCUT2D eigenvalue weighted by Gasteiger charge is -2.24. The number of benzene rings is 4. The Balaban J connectivity index is 1.33. The van der Waals surface area contributed by atoms with Gasteiger partial charge in [0, 0.05) is 36.1 Å². The number of nitrogens with zero attached hydrogens (tertiary/aromatic N) is 4. The second kappa shape index (κ2) is 14.1. The van der Waals surface area contributed by atoms with E-state index < -0.39 is 0 Å². The lowest BCUT2D eigenvalue weighted by atomic mass is 9.98. The van der Waals surface area contributed by atoms with E-state index in [4.69, 9.17) is 14.5 Å². The van der Waals surface area contributed by atoms with Crippen LogP contribution in [0.4, 0.5) is 5.82 Å². The summed E-state index contributed by atoms with van der Waals surface area (Å²) in [4.78, 5) is 14.4. The van der Waals surface area contributed by atoms with Gasteiger partial charge in [-0.3, -0.25) is 0 Å². The second-order valence-electron chi connectivity index (χ2n) is 11.8. The fourth-order valence-electron chi connectivity index (χ4n) is 6.31. The Kier molecular flexibility index (Phi) is 9.10. The first kappa shape index (κ1) is 30.4. The first-order valence-corrected chi connectivity index (χ1v) is 16.5. The maximum atomic E-state index is 5.78. The van der Waals surface area contributed by atoms with E-state index in [-0.39, 0.29) is 12.8 Å². The third kappa shape index (κ3) is 6.55. The van der Waals surface area contributed by atoms with Crippen LogP contribution in [0.2, 0.25) is 0 Å². The average Bonchev–Trinajstić information content (AvgIpc) is 3.75. The Labute approximate surface area is 275 Å². The molecule has 0 radical (unpaired) electrons. The van der Waals surface area contributed by atoms with Crippen molar-refractivity contribution in [3.8, 4) is 34.1 Å². The van der Waals surface area contributed by atoms with E-state index in [2.05, 4.69) is 130 Å². The molecule has 1 unspecified atom stereocenters. The van der Waals surface area contributed by atoms with E-state index >= 15 is 0 Å². The SMILES string of the molecule is CCCCn1c(-c2ccccc2)nc(-c2ccccc2)c1C(Cc1ccc2c(c1)OCO2)NCc1ccc2c(NCC)ncnc2c1. The smallest absolute Gasteiger partial charge is 0.231 e. The zero-order valence-electron chi connectivity index (χ0n) is 26.9. The Morgan fingerprint density at radius 3 is 2.36 bits per heavy atom. The van der Waals surface area contributed by atoms with Gasteiger partial charge in [0.15, 0.2) is 11.5 Å². The van der Waals surface area contributed by atoms with Crippen molar-refractivity contribution >= 4 is 16.7 Å². The quantitative estimate of drug-likeness (QED) is 0.134. The molecule has 47 heavy (non-hydrogen) atoms. The van der Waals surface area contributed by atoms with Crippen LogP contribution >= 0.6 is 0 Å². The number of fused-ring (bicyclic) bond motifs is 2. The highest BCUT2D eigenvalue weighted by molar-refractivity contribution is 5.89. The summed E-state index contributed by atoms with van der Waals surface area (Å²) in [5, 5.41) is 8.34. The first-order chi connectivity index (χ1) is 23.2. The molecule has 4 aromatic carbocycles. The number of aromatic nitrogens is 4. The highest BCUT2D eigenvalue weighted by atomic mass is 16.7. The molecular formula is C39H40N6O2. The van der Waals surface area contributed by atoms with Crippen LogP contribution in [-0.4, -0.2) is 32.9 Å². The molecule has 0 bridgehead atoms. The maximum Gasteiger partial charge on any atom is 0.231 e. The molecule has 2 aromatic heterocycles. The Hall–Kier alpha value is -5.21. The lowest BCUT2D eigenvalue weighted by molar-refractivity contribution is 0.174. The minimum Gasteiger partial charge on any atom is -0.454 e. The van der Waals surface area contributed by atoms with Gasteiger partial charge in [0.2, 0.25) is 6.79 Å². The van der Waals surface area contributed by atoms with Crippen LogP contribution in [0.5, 0.6) is 11.5 Å². The summed E-state index contributed by atoms with van der Waals surface area (Å²) in [6.07, 6.45) is 4.50. The van der Waals surface area contributed by atoms with Gasteiger partial charge in [0.25, 0.3) is 0 Å². The molecule has 0 aliphatic carbocycles. The molecule has 7 rings (SSSR count). The number of ether oxygens (including phenoxy) is 2. The van der Waals surface area contributed by atoms with Crippen molar-refractivity contribution in [2.45, 2.75) is 52.2 Å². The van der Waals surface area contributed by atoms with Crippen molar-refractivity contribution in [3.63, 3.8) is 0 Å². The van der Waals surface area contributed by atoms with Crippen LogP contribution in [-0.2, 0) is 19.5 Å². The van der Waals surface area contributed by atoms with Gasteiger partial charge in [-0.1, -0.05) is 86.1 Å². The summed E-state index contributed by atoms with van der Waals surface area (Å²) < 4.78 is 13.9. The maximum absolute atomic E-state index is 5.78. The second-order valence-corrected chi connectivity index (χ2v) is 11.8. The summed E-state index contributed by atoms with van der Waals surface area (Å²) in [6, 6.07) is 33.7. The summed E-state index contributed by atoms with van der Waals surface area (Å²) >= 11 is 0. The van der Waals surface area contributed by atoms with Crippen molar-refractivity contribution in [1.29, 1.82) is 0 Å².